The number of hydrogen-bond acceptors (Lipinski definition) is 5. The molecule has 0 aliphatic rings. The highest BCUT2D eigenvalue weighted by Crippen LogP contribution is 2.48. The zero-order chi connectivity index (χ0) is 21.5. The molecule has 150 valence electrons. The summed E-state index contributed by atoms with van der Waals surface area (Å²) in [5, 5.41) is 11.2. The molecule has 7 heteroatoms. The average Bonchev–Trinajstić information content (AvgIpc) is 3.12. The van der Waals surface area contributed by atoms with Crippen molar-refractivity contribution in [1.29, 1.82) is 5.26 Å². The first-order chi connectivity index (χ1) is 14.3. The van der Waals surface area contributed by atoms with E-state index in [0.717, 1.165) is 26.2 Å². The van der Waals surface area contributed by atoms with Gasteiger partial charge in [-0.3, -0.25) is 0 Å². The van der Waals surface area contributed by atoms with Crippen LogP contribution in [-0.2, 0) is 5.41 Å². The second-order valence-electron chi connectivity index (χ2n) is 7.75. The van der Waals surface area contributed by atoms with Gasteiger partial charge in [0, 0.05) is 10.4 Å². The molecule has 0 saturated heterocycles. The largest absolute Gasteiger partial charge is 0.437 e. The van der Waals surface area contributed by atoms with Crippen LogP contribution in [0.5, 0.6) is 11.6 Å². The van der Waals surface area contributed by atoms with Crippen LogP contribution in [0.3, 0.4) is 0 Å². The lowest BCUT2D eigenvalue weighted by atomic mass is 9.88. The summed E-state index contributed by atoms with van der Waals surface area (Å²) in [5.41, 5.74) is 2.17. The van der Waals surface area contributed by atoms with Crippen molar-refractivity contribution in [2.45, 2.75) is 26.2 Å². The lowest BCUT2D eigenvalue weighted by Gasteiger charge is -2.19. The van der Waals surface area contributed by atoms with Crippen molar-refractivity contribution in [3.63, 3.8) is 0 Å². The number of benzene rings is 2. The molecule has 0 bridgehead atoms. The molecule has 4 nitrogen and oxygen atoms in total. The molecule has 0 aliphatic heterocycles. The standard InChI is InChI=1S/C23H17Cl2N3OS/c1-23(2,3)20-18(13-8-9-15(24)16(25)10-13)19-21(27-12-28-22(19)30-20)29-17-7-5-4-6-14(17)11-26/h4-10,12H,1-3H3. The van der Waals surface area contributed by atoms with E-state index in [9.17, 15) is 5.26 Å². The summed E-state index contributed by atoms with van der Waals surface area (Å²) in [7, 11) is 0. The minimum absolute atomic E-state index is 0.144. The number of hydrogen-bond donors (Lipinski definition) is 0. The van der Waals surface area contributed by atoms with E-state index < -0.39 is 0 Å². The molecule has 0 atom stereocenters. The van der Waals surface area contributed by atoms with E-state index in [2.05, 4.69) is 36.8 Å². The Bertz CT molecular complexity index is 1300. The molecule has 2 aromatic carbocycles. The predicted molar refractivity (Wildman–Crippen MR) is 123 cm³/mol. The monoisotopic (exact) mass is 453 g/mol. The van der Waals surface area contributed by atoms with E-state index in [1.165, 1.54) is 6.33 Å². The normalized spacial score (nSPS) is 11.5. The van der Waals surface area contributed by atoms with Gasteiger partial charge >= 0.3 is 0 Å². The first kappa shape index (κ1) is 20.6. The van der Waals surface area contributed by atoms with Gasteiger partial charge in [-0.1, -0.05) is 62.2 Å². The van der Waals surface area contributed by atoms with Crippen molar-refractivity contribution in [3.8, 4) is 28.8 Å². The molecule has 0 unspecified atom stereocenters. The number of nitrogens with zero attached hydrogens (tertiary/aromatic N) is 3. The SMILES string of the molecule is CC(C)(C)c1sc2ncnc(Oc3ccccc3C#N)c2c1-c1ccc(Cl)c(Cl)c1. The van der Waals surface area contributed by atoms with Gasteiger partial charge < -0.3 is 4.74 Å². The molecular formula is C23H17Cl2N3OS. The first-order valence-electron chi connectivity index (χ1n) is 9.20. The van der Waals surface area contributed by atoms with Gasteiger partial charge in [0.2, 0.25) is 5.88 Å². The van der Waals surface area contributed by atoms with Crippen LogP contribution in [-0.4, -0.2) is 9.97 Å². The molecule has 2 aromatic heterocycles. The zero-order valence-corrected chi connectivity index (χ0v) is 18.9. The maximum atomic E-state index is 9.42. The molecule has 30 heavy (non-hydrogen) atoms. The number of aromatic nitrogens is 2. The number of ether oxygens (including phenoxy) is 1. The third kappa shape index (κ3) is 3.75. The number of thiophene rings is 1. The fourth-order valence-corrected chi connectivity index (χ4v) is 4.70. The lowest BCUT2D eigenvalue weighted by Crippen LogP contribution is -2.10. The van der Waals surface area contributed by atoms with Gasteiger partial charge in [-0.25, -0.2) is 9.97 Å². The molecular weight excluding hydrogens is 437 g/mol. The summed E-state index contributed by atoms with van der Waals surface area (Å²) < 4.78 is 6.13. The lowest BCUT2D eigenvalue weighted by molar-refractivity contribution is 0.467. The minimum Gasteiger partial charge on any atom is -0.437 e. The van der Waals surface area contributed by atoms with Crippen LogP contribution in [0.1, 0.15) is 31.2 Å². The van der Waals surface area contributed by atoms with Crippen molar-refractivity contribution in [2.75, 3.05) is 0 Å². The maximum absolute atomic E-state index is 9.42. The Kier molecular flexibility index (Phi) is 5.42. The van der Waals surface area contributed by atoms with Crippen molar-refractivity contribution < 1.29 is 4.74 Å². The smallest absolute Gasteiger partial charge is 0.231 e. The summed E-state index contributed by atoms with van der Waals surface area (Å²) in [6, 6.07) is 14.8. The Hall–Kier alpha value is -2.65. The molecule has 0 radical (unpaired) electrons. The highest BCUT2D eigenvalue weighted by atomic mass is 35.5. The van der Waals surface area contributed by atoms with Gasteiger partial charge in [0.05, 0.1) is 21.0 Å². The summed E-state index contributed by atoms with van der Waals surface area (Å²) in [6.45, 7) is 6.45. The molecule has 0 saturated carbocycles. The van der Waals surface area contributed by atoms with Crippen molar-refractivity contribution in [2.24, 2.45) is 0 Å². The minimum atomic E-state index is -0.144. The topological polar surface area (TPSA) is 58.8 Å². The van der Waals surface area contributed by atoms with Gasteiger partial charge in [0.1, 0.15) is 23.0 Å². The van der Waals surface area contributed by atoms with E-state index in [0.29, 0.717) is 27.2 Å². The van der Waals surface area contributed by atoms with Crippen LogP contribution in [0.25, 0.3) is 21.3 Å². The summed E-state index contributed by atoms with van der Waals surface area (Å²) in [6.07, 6.45) is 1.48. The molecule has 0 aliphatic carbocycles. The van der Waals surface area contributed by atoms with E-state index >= 15 is 0 Å². The van der Waals surface area contributed by atoms with Crippen LogP contribution in [0.15, 0.2) is 48.8 Å². The number of nitriles is 1. The van der Waals surface area contributed by atoms with E-state index in [4.69, 9.17) is 27.9 Å². The number of para-hydroxylation sites is 1. The second-order valence-corrected chi connectivity index (χ2v) is 9.57. The fraction of sp³-hybridized carbons (Fsp3) is 0.174. The summed E-state index contributed by atoms with van der Waals surface area (Å²) in [4.78, 5) is 10.8. The number of fused-ring (bicyclic) bond motifs is 1. The number of rotatable bonds is 3. The van der Waals surface area contributed by atoms with E-state index in [1.807, 2.05) is 18.2 Å². The van der Waals surface area contributed by atoms with Gasteiger partial charge in [0.15, 0.2) is 0 Å². The fourth-order valence-electron chi connectivity index (χ4n) is 3.19. The first-order valence-corrected chi connectivity index (χ1v) is 10.8. The van der Waals surface area contributed by atoms with Crippen LogP contribution >= 0.6 is 34.5 Å². The molecule has 4 aromatic rings. The average molecular weight is 454 g/mol. The molecule has 0 fully saturated rings. The predicted octanol–water partition coefficient (Wildman–Crippen LogP) is 7.63. The molecule has 2 heterocycles. The van der Waals surface area contributed by atoms with Crippen LogP contribution in [0, 0.1) is 11.3 Å². The van der Waals surface area contributed by atoms with Gasteiger partial charge in [-0.05, 0) is 35.2 Å². The Morgan fingerprint density at radius 2 is 1.80 bits per heavy atom. The highest BCUT2D eigenvalue weighted by molar-refractivity contribution is 7.19. The molecule has 0 N–H and O–H groups in total. The Morgan fingerprint density at radius 3 is 2.50 bits per heavy atom. The number of halogens is 2. The zero-order valence-electron chi connectivity index (χ0n) is 16.5. The van der Waals surface area contributed by atoms with E-state index in [1.54, 1.807) is 35.6 Å². The van der Waals surface area contributed by atoms with Gasteiger partial charge in [-0.2, -0.15) is 5.26 Å². The summed E-state index contributed by atoms with van der Waals surface area (Å²) in [5.74, 6) is 0.846. The second kappa shape index (κ2) is 7.88. The molecule has 0 amide bonds. The maximum Gasteiger partial charge on any atom is 0.231 e. The molecule has 4 rings (SSSR count). The van der Waals surface area contributed by atoms with Crippen molar-refractivity contribution in [3.05, 3.63) is 69.3 Å². The Morgan fingerprint density at radius 1 is 1.03 bits per heavy atom. The van der Waals surface area contributed by atoms with Crippen LogP contribution < -0.4 is 4.74 Å². The Balaban J connectivity index is 2.01. The molecule has 0 spiro atoms. The van der Waals surface area contributed by atoms with E-state index in [-0.39, 0.29) is 5.41 Å². The third-order valence-corrected chi connectivity index (χ3v) is 6.82. The van der Waals surface area contributed by atoms with Gasteiger partial charge in [-0.15, -0.1) is 11.3 Å². The third-order valence-electron chi connectivity index (χ3n) is 4.56. The van der Waals surface area contributed by atoms with Crippen LogP contribution in [0.4, 0.5) is 0 Å². The summed E-state index contributed by atoms with van der Waals surface area (Å²) >= 11 is 14.1. The Labute approximate surface area is 188 Å². The van der Waals surface area contributed by atoms with Gasteiger partial charge in [0.25, 0.3) is 0 Å². The van der Waals surface area contributed by atoms with Crippen LogP contribution in [0.2, 0.25) is 10.0 Å². The van der Waals surface area contributed by atoms with Crippen molar-refractivity contribution in [1.82, 2.24) is 9.97 Å². The van der Waals surface area contributed by atoms with Crippen molar-refractivity contribution >= 4 is 44.8 Å². The highest BCUT2D eigenvalue weighted by Gasteiger charge is 2.27. The quantitative estimate of drug-likeness (QED) is 0.319.